The van der Waals surface area contributed by atoms with Crippen molar-refractivity contribution in [2.75, 3.05) is 52.5 Å². The van der Waals surface area contributed by atoms with E-state index in [-0.39, 0.29) is 0 Å². The molecule has 2 N–H and O–H groups in total. The number of likely N-dealkylation sites (tertiary alicyclic amines) is 1. The van der Waals surface area contributed by atoms with Crippen LogP contribution >= 0.6 is 0 Å². The minimum absolute atomic E-state index is 0.695. The molecule has 2 fully saturated rings. The maximum atomic E-state index is 6.00. The molecule has 2 saturated heterocycles. The highest BCUT2D eigenvalue weighted by Gasteiger charge is 2.15. The molecule has 2 rings (SSSR count). The molecule has 2 aliphatic rings. The van der Waals surface area contributed by atoms with Crippen LogP contribution in [0.3, 0.4) is 0 Å². The molecule has 0 aromatic carbocycles. The van der Waals surface area contributed by atoms with Crippen molar-refractivity contribution in [1.82, 2.24) is 9.80 Å². The number of morpholine rings is 1. The minimum Gasteiger partial charge on any atom is -0.378 e. The van der Waals surface area contributed by atoms with Crippen molar-refractivity contribution < 1.29 is 4.74 Å². The second-order valence-corrected chi connectivity index (χ2v) is 6.07. The Hall–Kier alpha value is -0.810. The summed E-state index contributed by atoms with van der Waals surface area (Å²) in [6.07, 6.45) is 5.09. The third-order valence-electron chi connectivity index (χ3n) is 4.37. The van der Waals surface area contributed by atoms with Crippen LogP contribution in [0.1, 0.15) is 32.6 Å². The molecular formula is C15H30N4O. The molecule has 5 heteroatoms. The fraction of sp³-hybridized carbons (Fsp3) is 0.933. The number of unbranched alkanes of at least 4 members (excludes halogenated alkanes) is 1. The summed E-state index contributed by atoms with van der Waals surface area (Å²) in [6, 6.07) is 0. The van der Waals surface area contributed by atoms with Crippen molar-refractivity contribution in [3.63, 3.8) is 0 Å². The zero-order valence-corrected chi connectivity index (χ0v) is 12.9. The van der Waals surface area contributed by atoms with Gasteiger partial charge in [0.05, 0.1) is 13.2 Å². The molecule has 20 heavy (non-hydrogen) atoms. The quantitative estimate of drug-likeness (QED) is 0.467. The van der Waals surface area contributed by atoms with Crippen molar-refractivity contribution in [2.45, 2.75) is 32.6 Å². The van der Waals surface area contributed by atoms with E-state index in [1.54, 1.807) is 0 Å². The van der Waals surface area contributed by atoms with Gasteiger partial charge < -0.3 is 20.3 Å². The number of aliphatic imine (C=N–C) groups is 1. The maximum absolute atomic E-state index is 6.00. The molecule has 5 nitrogen and oxygen atoms in total. The molecule has 0 aromatic rings. The van der Waals surface area contributed by atoms with E-state index in [1.807, 2.05) is 0 Å². The van der Waals surface area contributed by atoms with Crippen molar-refractivity contribution in [2.24, 2.45) is 16.6 Å². The van der Waals surface area contributed by atoms with Gasteiger partial charge in [0, 0.05) is 19.6 Å². The van der Waals surface area contributed by atoms with Gasteiger partial charge in [-0.15, -0.1) is 0 Å². The third kappa shape index (κ3) is 5.29. The Morgan fingerprint density at radius 3 is 2.55 bits per heavy atom. The summed E-state index contributed by atoms with van der Waals surface area (Å²) in [6.45, 7) is 10.3. The first-order valence-electron chi connectivity index (χ1n) is 8.10. The Morgan fingerprint density at radius 1 is 1.15 bits per heavy atom. The van der Waals surface area contributed by atoms with Crippen LogP contribution in [0.2, 0.25) is 0 Å². The Balaban J connectivity index is 1.54. The predicted molar refractivity (Wildman–Crippen MR) is 83.0 cm³/mol. The molecule has 0 saturated carbocycles. The van der Waals surface area contributed by atoms with Crippen molar-refractivity contribution in [1.29, 1.82) is 0 Å². The van der Waals surface area contributed by atoms with Crippen molar-refractivity contribution in [3.8, 4) is 0 Å². The Morgan fingerprint density at radius 2 is 1.85 bits per heavy atom. The van der Waals surface area contributed by atoms with Gasteiger partial charge in [-0.2, -0.15) is 0 Å². The molecular weight excluding hydrogens is 252 g/mol. The zero-order chi connectivity index (χ0) is 14.2. The van der Waals surface area contributed by atoms with E-state index in [9.17, 15) is 0 Å². The lowest BCUT2D eigenvalue weighted by molar-refractivity contribution is 0.0674. The van der Waals surface area contributed by atoms with E-state index in [0.717, 1.165) is 45.2 Å². The van der Waals surface area contributed by atoms with Crippen molar-refractivity contribution in [3.05, 3.63) is 0 Å². The molecule has 116 valence electrons. The Kier molecular flexibility index (Phi) is 6.60. The summed E-state index contributed by atoms with van der Waals surface area (Å²) in [5.41, 5.74) is 6.00. The molecule has 0 unspecified atom stereocenters. The van der Waals surface area contributed by atoms with Crippen LogP contribution in [-0.4, -0.2) is 68.2 Å². The van der Waals surface area contributed by atoms with Crippen molar-refractivity contribution >= 4 is 5.96 Å². The normalized spacial score (nSPS) is 23.2. The van der Waals surface area contributed by atoms with Gasteiger partial charge in [0.25, 0.3) is 0 Å². The third-order valence-corrected chi connectivity index (χ3v) is 4.37. The van der Waals surface area contributed by atoms with Crippen LogP contribution in [0.25, 0.3) is 0 Å². The van der Waals surface area contributed by atoms with Crippen LogP contribution in [0.15, 0.2) is 4.99 Å². The fourth-order valence-electron chi connectivity index (χ4n) is 2.82. The lowest BCUT2D eigenvalue weighted by atomic mass is 9.99. The molecule has 0 bridgehead atoms. The predicted octanol–water partition coefficient (Wildman–Crippen LogP) is 1.15. The van der Waals surface area contributed by atoms with Gasteiger partial charge in [0.15, 0.2) is 5.96 Å². The molecule has 2 aliphatic heterocycles. The molecule has 0 spiro atoms. The van der Waals surface area contributed by atoms with E-state index in [2.05, 4.69) is 21.7 Å². The highest BCUT2D eigenvalue weighted by molar-refractivity contribution is 5.78. The summed E-state index contributed by atoms with van der Waals surface area (Å²) < 4.78 is 5.31. The number of nitrogens with two attached hydrogens (primary N) is 1. The van der Waals surface area contributed by atoms with Gasteiger partial charge in [-0.25, -0.2) is 0 Å². The number of ether oxygens (including phenoxy) is 1. The highest BCUT2D eigenvalue weighted by atomic mass is 16.5. The van der Waals surface area contributed by atoms with Crippen LogP contribution in [0.4, 0.5) is 0 Å². The fourth-order valence-corrected chi connectivity index (χ4v) is 2.82. The average molecular weight is 282 g/mol. The second kappa shape index (κ2) is 8.47. The van der Waals surface area contributed by atoms with Gasteiger partial charge in [0.1, 0.15) is 0 Å². The number of guanidine groups is 1. The topological polar surface area (TPSA) is 54.1 Å². The molecule has 0 aromatic heterocycles. The van der Waals surface area contributed by atoms with Crippen LogP contribution in [-0.2, 0) is 4.74 Å². The Labute approximate surface area is 123 Å². The number of hydrogen-bond acceptors (Lipinski definition) is 3. The monoisotopic (exact) mass is 282 g/mol. The Bertz CT molecular complexity index is 294. The molecule has 0 radical (unpaired) electrons. The van der Waals surface area contributed by atoms with Crippen LogP contribution in [0, 0.1) is 5.92 Å². The summed E-state index contributed by atoms with van der Waals surface area (Å²) in [5, 5.41) is 0. The van der Waals surface area contributed by atoms with Gasteiger partial charge in [0.2, 0.25) is 0 Å². The summed E-state index contributed by atoms with van der Waals surface area (Å²) in [4.78, 5) is 9.20. The van der Waals surface area contributed by atoms with E-state index >= 15 is 0 Å². The molecule has 0 aliphatic carbocycles. The average Bonchev–Trinajstić information content (AvgIpc) is 2.49. The SMILES string of the molecule is CC1CCN(CCCCN=C(N)N2CCOCC2)CC1. The maximum Gasteiger partial charge on any atom is 0.191 e. The van der Waals surface area contributed by atoms with E-state index in [0.29, 0.717) is 5.96 Å². The number of nitrogens with zero attached hydrogens (tertiary/aromatic N) is 3. The van der Waals surface area contributed by atoms with E-state index in [4.69, 9.17) is 10.5 Å². The van der Waals surface area contributed by atoms with E-state index in [1.165, 1.54) is 38.9 Å². The summed E-state index contributed by atoms with van der Waals surface area (Å²) >= 11 is 0. The largest absolute Gasteiger partial charge is 0.378 e. The standard InChI is InChI=1S/C15H30N4O/c1-14-4-8-18(9-5-14)7-3-2-6-17-15(16)19-10-12-20-13-11-19/h14H,2-13H2,1H3,(H2,16,17). The van der Waals surface area contributed by atoms with Gasteiger partial charge in [-0.1, -0.05) is 6.92 Å². The molecule has 0 atom stereocenters. The smallest absolute Gasteiger partial charge is 0.191 e. The van der Waals surface area contributed by atoms with Crippen LogP contribution in [0.5, 0.6) is 0 Å². The first-order chi connectivity index (χ1) is 9.75. The number of rotatable bonds is 5. The number of hydrogen-bond donors (Lipinski definition) is 1. The first-order valence-corrected chi connectivity index (χ1v) is 8.10. The minimum atomic E-state index is 0.695. The lowest BCUT2D eigenvalue weighted by Crippen LogP contribution is -2.44. The molecule has 2 heterocycles. The highest BCUT2D eigenvalue weighted by Crippen LogP contribution is 2.16. The van der Waals surface area contributed by atoms with Gasteiger partial charge in [-0.3, -0.25) is 4.99 Å². The van der Waals surface area contributed by atoms with Gasteiger partial charge >= 0.3 is 0 Å². The van der Waals surface area contributed by atoms with E-state index < -0.39 is 0 Å². The summed E-state index contributed by atoms with van der Waals surface area (Å²) in [5.74, 6) is 1.62. The lowest BCUT2D eigenvalue weighted by Gasteiger charge is -2.30. The number of piperidine rings is 1. The second-order valence-electron chi connectivity index (χ2n) is 6.07. The van der Waals surface area contributed by atoms with Crippen LogP contribution < -0.4 is 5.73 Å². The zero-order valence-electron chi connectivity index (χ0n) is 12.9. The summed E-state index contributed by atoms with van der Waals surface area (Å²) in [7, 11) is 0. The van der Waals surface area contributed by atoms with Gasteiger partial charge in [-0.05, 0) is 51.2 Å². The first kappa shape index (κ1) is 15.6. The molecule has 0 amide bonds.